The number of hydrogen-bond acceptors (Lipinski definition) is 3. The Morgan fingerprint density at radius 1 is 1.24 bits per heavy atom. The van der Waals surface area contributed by atoms with Crippen LogP contribution in [0, 0.1) is 11.6 Å². The zero-order chi connectivity index (χ0) is 15.4. The summed E-state index contributed by atoms with van der Waals surface area (Å²) in [6, 6.07) is 7.08. The number of nitrogens with two attached hydrogens (primary N) is 1. The van der Waals surface area contributed by atoms with E-state index in [4.69, 9.17) is 22.1 Å². The van der Waals surface area contributed by atoms with Crippen LogP contribution in [0.3, 0.4) is 0 Å². The Kier molecular flexibility index (Phi) is 4.85. The monoisotopic (exact) mass is 312 g/mol. The van der Waals surface area contributed by atoms with E-state index < -0.39 is 11.6 Å². The van der Waals surface area contributed by atoms with Gasteiger partial charge < -0.3 is 15.8 Å². The van der Waals surface area contributed by atoms with E-state index in [9.17, 15) is 8.78 Å². The fourth-order valence-corrected chi connectivity index (χ4v) is 1.92. The van der Waals surface area contributed by atoms with Gasteiger partial charge in [0, 0.05) is 12.1 Å². The van der Waals surface area contributed by atoms with Crippen molar-refractivity contribution in [3.63, 3.8) is 0 Å². The van der Waals surface area contributed by atoms with Gasteiger partial charge in [0.25, 0.3) is 0 Å². The van der Waals surface area contributed by atoms with Crippen LogP contribution in [0.1, 0.15) is 13.3 Å². The topological polar surface area (TPSA) is 47.3 Å². The van der Waals surface area contributed by atoms with Crippen molar-refractivity contribution in [2.75, 3.05) is 17.7 Å². The van der Waals surface area contributed by atoms with E-state index in [0.717, 1.165) is 12.5 Å². The summed E-state index contributed by atoms with van der Waals surface area (Å²) in [6.07, 6.45) is 0.746. The van der Waals surface area contributed by atoms with Gasteiger partial charge in [-0.2, -0.15) is 0 Å². The van der Waals surface area contributed by atoms with Crippen LogP contribution in [-0.4, -0.2) is 6.61 Å². The molecule has 0 aliphatic carbocycles. The maximum atomic E-state index is 13.9. The third-order valence-corrected chi connectivity index (χ3v) is 3.08. The Labute approximate surface area is 126 Å². The highest BCUT2D eigenvalue weighted by molar-refractivity contribution is 6.31. The van der Waals surface area contributed by atoms with Crippen LogP contribution in [0.4, 0.5) is 25.8 Å². The molecule has 0 radical (unpaired) electrons. The first-order chi connectivity index (χ1) is 10.0. The largest absolute Gasteiger partial charge is 0.490 e. The van der Waals surface area contributed by atoms with Gasteiger partial charge in [-0.05, 0) is 18.6 Å². The highest BCUT2D eigenvalue weighted by Gasteiger charge is 2.12. The lowest BCUT2D eigenvalue weighted by Gasteiger charge is -2.14. The first kappa shape index (κ1) is 15.4. The van der Waals surface area contributed by atoms with Gasteiger partial charge in [-0.1, -0.05) is 24.6 Å². The van der Waals surface area contributed by atoms with Crippen molar-refractivity contribution in [3.8, 4) is 5.75 Å². The van der Waals surface area contributed by atoms with Crippen LogP contribution >= 0.6 is 11.6 Å². The van der Waals surface area contributed by atoms with Gasteiger partial charge in [0.15, 0.2) is 17.4 Å². The minimum absolute atomic E-state index is 0.0110. The fraction of sp³-hybridized carbons (Fsp3) is 0.200. The third-order valence-electron chi connectivity index (χ3n) is 2.79. The van der Waals surface area contributed by atoms with Crippen molar-refractivity contribution in [2.45, 2.75) is 13.3 Å². The zero-order valence-corrected chi connectivity index (χ0v) is 12.2. The second kappa shape index (κ2) is 6.63. The molecule has 21 heavy (non-hydrogen) atoms. The Morgan fingerprint density at radius 3 is 2.71 bits per heavy atom. The molecular formula is C15H15ClF2N2O. The van der Waals surface area contributed by atoms with Crippen molar-refractivity contribution in [1.82, 2.24) is 0 Å². The van der Waals surface area contributed by atoms with Crippen LogP contribution < -0.4 is 15.8 Å². The Balaban J connectivity index is 2.33. The summed E-state index contributed by atoms with van der Waals surface area (Å²) >= 11 is 5.71. The Bertz CT molecular complexity index is 650. The molecule has 2 aromatic rings. The van der Waals surface area contributed by atoms with Crippen LogP contribution in [-0.2, 0) is 0 Å². The minimum Gasteiger partial charge on any atom is -0.490 e. The number of nitrogen functional groups attached to an aromatic ring is 1. The van der Waals surface area contributed by atoms with E-state index in [1.54, 1.807) is 6.07 Å². The first-order valence-corrected chi connectivity index (χ1v) is 6.83. The number of anilines is 3. The highest BCUT2D eigenvalue weighted by Crippen LogP contribution is 2.32. The molecule has 0 saturated carbocycles. The molecule has 2 rings (SSSR count). The maximum absolute atomic E-state index is 13.9. The Hall–Kier alpha value is -2.01. The normalized spacial score (nSPS) is 10.5. The molecule has 0 bridgehead atoms. The summed E-state index contributed by atoms with van der Waals surface area (Å²) in [5.41, 5.74) is 6.40. The molecule has 0 heterocycles. The number of halogens is 3. The van der Waals surface area contributed by atoms with E-state index in [2.05, 4.69) is 5.32 Å². The molecule has 0 unspecified atom stereocenters. The molecule has 0 saturated heterocycles. The summed E-state index contributed by atoms with van der Waals surface area (Å²) in [6.45, 7) is 2.29. The van der Waals surface area contributed by atoms with Gasteiger partial charge in [0.05, 0.1) is 28.7 Å². The van der Waals surface area contributed by atoms with Gasteiger partial charge in [0.2, 0.25) is 0 Å². The molecule has 3 N–H and O–H groups in total. The van der Waals surface area contributed by atoms with Crippen LogP contribution in [0.5, 0.6) is 5.75 Å². The first-order valence-electron chi connectivity index (χ1n) is 6.45. The standard InChI is InChI=1S/C15H15ClF2N2O/c1-2-6-21-14-8-13(11(19)7-10(14)17)20-12-5-3-4-9(16)15(12)18/h3-5,7-8,20H,2,6,19H2,1H3. The van der Waals surface area contributed by atoms with E-state index in [-0.39, 0.29) is 22.1 Å². The average molecular weight is 313 g/mol. The number of benzene rings is 2. The second-order valence-electron chi connectivity index (χ2n) is 4.44. The van der Waals surface area contributed by atoms with Crippen molar-refractivity contribution < 1.29 is 13.5 Å². The summed E-state index contributed by atoms with van der Waals surface area (Å²) < 4.78 is 32.9. The van der Waals surface area contributed by atoms with Gasteiger partial charge in [0.1, 0.15) is 0 Å². The zero-order valence-electron chi connectivity index (χ0n) is 11.4. The smallest absolute Gasteiger partial charge is 0.167 e. The quantitative estimate of drug-likeness (QED) is 0.784. The van der Waals surface area contributed by atoms with Crippen LogP contribution in [0.25, 0.3) is 0 Å². The van der Waals surface area contributed by atoms with Crippen LogP contribution in [0.15, 0.2) is 30.3 Å². The molecule has 0 atom stereocenters. The summed E-state index contributed by atoms with van der Waals surface area (Å²) in [5.74, 6) is -1.09. The molecule has 3 nitrogen and oxygen atoms in total. The molecule has 0 fully saturated rings. The number of hydrogen-bond donors (Lipinski definition) is 2. The number of ether oxygens (including phenoxy) is 1. The van der Waals surface area contributed by atoms with Gasteiger partial charge in [-0.15, -0.1) is 0 Å². The highest BCUT2D eigenvalue weighted by atomic mass is 35.5. The number of nitrogens with one attached hydrogen (secondary N) is 1. The van der Waals surface area contributed by atoms with E-state index in [1.807, 2.05) is 6.92 Å². The molecule has 0 amide bonds. The number of rotatable bonds is 5. The summed E-state index contributed by atoms with van der Waals surface area (Å²) in [5, 5.41) is 2.78. The lowest BCUT2D eigenvalue weighted by atomic mass is 10.2. The fourth-order valence-electron chi connectivity index (χ4n) is 1.75. The second-order valence-corrected chi connectivity index (χ2v) is 4.85. The average Bonchev–Trinajstić information content (AvgIpc) is 2.45. The van der Waals surface area contributed by atoms with Crippen molar-refractivity contribution in [3.05, 3.63) is 47.0 Å². The lowest BCUT2D eigenvalue weighted by molar-refractivity contribution is 0.301. The maximum Gasteiger partial charge on any atom is 0.167 e. The van der Waals surface area contributed by atoms with Gasteiger partial charge in [-0.25, -0.2) is 8.78 Å². The minimum atomic E-state index is -0.598. The molecule has 0 aromatic heterocycles. The molecule has 0 spiro atoms. The van der Waals surface area contributed by atoms with E-state index in [0.29, 0.717) is 12.3 Å². The van der Waals surface area contributed by atoms with Crippen molar-refractivity contribution in [1.29, 1.82) is 0 Å². The Morgan fingerprint density at radius 2 is 2.00 bits per heavy atom. The van der Waals surface area contributed by atoms with Crippen LogP contribution in [0.2, 0.25) is 5.02 Å². The molecule has 6 heteroatoms. The van der Waals surface area contributed by atoms with E-state index >= 15 is 0 Å². The molecule has 112 valence electrons. The lowest BCUT2D eigenvalue weighted by Crippen LogP contribution is -2.03. The van der Waals surface area contributed by atoms with Gasteiger partial charge in [-0.3, -0.25) is 0 Å². The molecular weight excluding hydrogens is 298 g/mol. The third kappa shape index (κ3) is 3.55. The van der Waals surface area contributed by atoms with Crippen molar-refractivity contribution >= 4 is 28.7 Å². The van der Waals surface area contributed by atoms with Crippen molar-refractivity contribution in [2.24, 2.45) is 0 Å². The summed E-state index contributed by atoms with van der Waals surface area (Å²) in [7, 11) is 0. The predicted molar refractivity (Wildman–Crippen MR) is 81.3 cm³/mol. The molecule has 0 aliphatic heterocycles. The molecule has 0 aliphatic rings. The predicted octanol–water partition coefficient (Wildman–Crippen LogP) is 4.73. The van der Waals surface area contributed by atoms with E-state index in [1.165, 1.54) is 18.2 Å². The molecule has 2 aromatic carbocycles. The SMILES string of the molecule is CCCOc1cc(Nc2cccc(Cl)c2F)c(N)cc1F. The van der Waals surface area contributed by atoms with Gasteiger partial charge >= 0.3 is 0 Å². The summed E-state index contributed by atoms with van der Waals surface area (Å²) in [4.78, 5) is 0.